The van der Waals surface area contributed by atoms with Gasteiger partial charge in [0.1, 0.15) is 21.1 Å². The van der Waals surface area contributed by atoms with Gasteiger partial charge in [0.25, 0.3) is 20.2 Å². The molecule has 4 aromatic carbocycles. The number of hydrogen-bond acceptors (Lipinski definition) is 9. The van der Waals surface area contributed by atoms with Crippen LogP contribution in [0.4, 0.5) is 28.4 Å². The van der Waals surface area contributed by atoms with Crippen LogP contribution in [0.2, 0.25) is 0 Å². The van der Waals surface area contributed by atoms with Crippen LogP contribution in [0, 0.1) is 41.5 Å². The fourth-order valence-corrected chi connectivity index (χ4v) is 10.0. The highest BCUT2D eigenvalue weighted by Gasteiger charge is 2.27. The van der Waals surface area contributed by atoms with Crippen molar-refractivity contribution in [1.29, 1.82) is 0 Å². The first-order valence-electron chi connectivity index (χ1n) is 22.4. The van der Waals surface area contributed by atoms with E-state index in [-0.39, 0.29) is 45.2 Å². The highest BCUT2D eigenvalue weighted by Crippen LogP contribution is 2.44. The summed E-state index contributed by atoms with van der Waals surface area (Å²) in [5.74, 6) is -0.125. The lowest BCUT2D eigenvalue weighted by atomic mass is 9.93. The van der Waals surface area contributed by atoms with Crippen molar-refractivity contribution in [2.45, 2.75) is 129 Å². The molecule has 15 heteroatoms. The van der Waals surface area contributed by atoms with Crippen molar-refractivity contribution in [3.63, 3.8) is 0 Å². The predicted molar refractivity (Wildman–Crippen MR) is 262 cm³/mol. The molecular weight excluding hydrogens is 877 g/mol. The fourth-order valence-electron chi connectivity index (χ4n) is 8.67. The summed E-state index contributed by atoms with van der Waals surface area (Å²) in [4.78, 5) is 29.9. The van der Waals surface area contributed by atoms with Crippen molar-refractivity contribution in [3.05, 3.63) is 105 Å². The molecule has 0 aromatic heterocycles. The van der Waals surface area contributed by atoms with Crippen molar-refractivity contribution < 1.29 is 39.9 Å². The topological polar surface area (TPSA) is 204 Å². The zero-order chi connectivity index (χ0) is 48.1. The van der Waals surface area contributed by atoms with E-state index in [1.165, 1.54) is 30.3 Å². The summed E-state index contributed by atoms with van der Waals surface area (Å²) in [5.41, 5.74) is 8.32. The summed E-state index contributed by atoms with van der Waals surface area (Å²) < 4.78 is 80.1. The number of nitrogens with one attached hydrogen (secondary N) is 3. The molecular formula is C51H60N4O9S2. The Morgan fingerprint density at radius 2 is 1.17 bits per heavy atom. The minimum atomic E-state index is -4.99. The zero-order valence-corrected chi connectivity index (χ0v) is 40.6. The Morgan fingerprint density at radius 1 is 0.606 bits per heavy atom. The number of hydrogen-bond donors (Lipinski definition) is 5. The molecule has 350 valence electrons. The Balaban J connectivity index is 1.56. The third-order valence-corrected chi connectivity index (χ3v) is 13.8. The maximum absolute atomic E-state index is 13.3. The predicted octanol–water partition coefficient (Wildman–Crippen LogP) is 12.3. The van der Waals surface area contributed by atoms with Gasteiger partial charge in [0.15, 0.2) is 0 Å². The zero-order valence-electron chi connectivity index (χ0n) is 38.9. The third-order valence-electron chi connectivity index (χ3n) is 12.0. The highest BCUT2D eigenvalue weighted by molar-refractivity contribution is 7.86. The molecule has 4 aromatic rings. The molecule has 0 spiro atoms. The summed E-state index contributed by atoms with van der Waals surface area (Å²) in [6.07, 6.45) is 8.45. The maximum Gasteiger partial charge on any atom is 0.296 e. The summed E-state index contributed by atoms with van der Waals surface area (Å²) in [7, 11) is -9.81. The first-order chi connectivity index (χ1) is 31.2. The lowest BCUT2D eigenvalue weighted by Crippen LogP contribution is -2.17. The molecule has 1 aliphatic carbocycles. The molecule has 1 aliphatic heterocycles. The normalized spacial score (nSPS) is 12.2. The number of nitrogens with zero attached hydrogens (tertiary/aromatic N) is 1. The Morgan fingerprint density at radius 3 is 1.76 bits per heavy atom. The minimum absolute atomic E-state index is 0.0538. The number of rotatable bonds is 18. The van der Waals surface area contributed by atoms with Gasteiger partial charge in [0.2, 0.25) is 11.8 Å². The first kappa shape index (κ1) is 49.6. The number of carbonyl (C=O) groups is 2. The number of amides is 2. The molecule has 0 bridgehead atoms. The minimum Gasteiger partial charge on any atom is -0.456 e. The number of aryl methyl sites for hydroxylation is 4. The van der Waals surface area contributed by atoms with E-state index in [1.54, 1.807) is 31.2 Å². The standard InChI is InChI=1S/C51H60N4O9S2/c1-9-11-13-15-21-45(56)54-50-32(5)25-30(3)48(34(50)7)52-36-23-24-37-41(27-36)64-42-29-40(53-49-31(4)26-33(6)51(35(49)8)55-46(57)22-16-14-12-10-2)44(66(61,62)63)28-39(42)47(37)38-19-17-18-20-43(38)65(58,59)60/h17-20,23-29,52H,9-16,21-22H2,1-8H3,(H,54,56)(H,55,57)(H,58,59,60)(H,61,62,63). The number of unbranched alkanes of at least 4 members (excludes halogenated alkanes) is 6. The number of fused-ring (bicyclic) bond motifs is 2. The molecule has 0 saturated carbocycles. The summed E-state index contributed by atoms with van der Waals surface area (Å²) in [6.45, 7) is 15.5. The van der Waals surface area contributed by atoms with Gasteiger partial charge < -0.3 is 20.4 Å². The maximum atomic E-state index is 13.3. The van der Waals surface area contributed by atoms with Gasteiger partial charge in [-0.05, 0) is 112 Å². The van der Waals surface area contributed by atoms with E-state index < -0.39 is 30.0 Å². The van der Waals surface area contributed by atoms with E-state index >= 15 is 0 Å². The molecule has 13 nitrogen and oxygen atoms in total. The van der Waals surface area contributed by atoms with Crippen molar-refractivity contribution in [2.75, 3.05) is 16.0 Å². The van der Waals surface area contributed by atoms with E-state index in [9.17, 15) is 35.5 Å². The smallest absolute Gasteiger partial charge is 0.296 e. The second-order valence-electron chi connectivity index (χ2n) is 17.1. The van der Waals surface area contributed by atoms with E-state index in [0.717, 1.165) is 79.3 Å². The van der Waals surface area contributed by atoms with E-state index in [4.69, 9.17) is 9.41 Å². The average Bonchev–Trinajstić information content (AvgIpc) is 3.25. The largest absolute Gasteiger partial charge is 0.456 e. The number of benzene rings is 5. The van der Waals surface area contributed by atoms with Crippen LogP contribution in [0.25, 0.3) is 33.4 Å². The number of carbonyl (C=O) groups excluding carboxylic acids is 2. The SMILES string of the molecule is CCCCCCC(=O)Nc1c(C)cc(C)c(N=c2cc3oc4cc(Nc5c(C)cc(C)c(NC(=O)CCCCCC)c5C)ccc4c(-c4ccccc4S(=O)(=O)O)c-3cc2S(=O)(=O)O)c1C. The van der Waals surface area contributed by atoms with Gasteiger partial charge in [0, 0.05) is 69.8 Å². The van der Waals surface area contributed by atoms with E-state index in [2.05, 4.69) is 29.8 Å². The van der Waals surface area contributed by atoms with Crippen LogP contribution in [0.3, 0.4) is 0 Å². The lowest BCUT2D eigenvalue weighted by Gasteiger charge is -2.21. The quantitative estimate of drug-likeness (QED) is 0.0313. The summed E-state index contributed by atoms with van der Waals surface area (Å²) >= 11 is 0. The van der Waals surface area contributed by atoms with Crippen molar-refractivity contribution in [2.24, 2.45) is 4.99 Å². The Kier molecular flexibility index (Phi) is 15.6. The van der Waals surface area contributed by atoms with Gasteiger partial charge in [0.05, 0.1) is 11.0 Å². The van der Waals surface area contributed by atoms with Crippen LogP contribution in [0.5, 0.6) is 0 Å². The van der Waals surface area contributed by atoms with Crippen molar-refractivity contribution >= 4 is 71.5 Å². The summed E-state index contributed by atoms with van der Waals surface area (Å²) in [6, 6.07) is 17.3. The Labute approximate surface area is 388 Å². The Hall–Kier alpha value is -5.87. The van der Waals surface area contributed by atoms with Gasteiger partial charge in [-0.25, -0.2) is 4.99 Å². The van der Waals surface area contributed by atoms with Gasteiger partial charge in [-0.3, -0.25) is 18.7 Å². The van der Waals surface area contributed by atoms with Gasteiger partial charge >= 0.3 is 0 Å². The molecule has 66 heavy (non-hydrogen) atoms. The molecule has 2 aliphatic rings. The molecule has 0 atom stereocenters. The van der Waals surface area contributed by atoms with Crippen LogP contribution >= 0.6 is 0 Å². The van der Waals surface area contributed by atoms with Crippen LogP contribution in [-0.2, 0) is 29.8 Å². The molecule has 0 fully saturated rings. The van der Waals surface area contributed by atoms with Gasteiger partial charge in [-0.1, -0.05) is 82.7 Å². The van der Waals surface area contributed by atoms with Crippen molar-refractivity contribution in [3.8, 4) is 22.5 Å². The van der Waals surface area contributed by atoms with E-state index in [1.807, 2.05) is 46.8 Å². The molecule has 0 radical (unpaired) electrons. The van der Waals surface area contributed by atoms with Crippen LogP contribution < -0.4 is 21.3 Å². The second-order valence-corrected chi connectivity index (χ2v) is 19.9. The first-order valence-corrected chi connectivity index (χ1v) is 25.3. The summed E-state index contributed by atoms with van der Waals surface area (Å²) in [5, 5.41) is 9.82. The second kappa shape index (κ2) is 20.7. The third kappa shape index (κ3) is 11.2. The monoisotopic (exact) mass is 936 g/mol. The van der Waals surface area contributed by atoms with Crippen molar-refractivity contribution in [1.82, 2.24) is 0 Å². The molecule has 0 saturated heterocycles. The lowest BCUT2D eigenvalue weighted by molar-refractivity contribution is -0.117. The van der Waals surface area contributed by atoms with Crippen LogP contribution in [0.1, 0.15) is 111 Å². The molecule has 1 heterocycles. The molecule has 5 N–H and O–H groups in total. The van der Waals surface area contributed by atoms with E-state index in [0.29, 0.717) is 52.1 Å². The fraction of sp³-hybridized carbons (Fsp3) is 0.353. The van der Waals surface area contributed by atoms with Crippen LogP contribution in [0.15, 0.2) is 85.9 Å². The molecule has 6 rings (SSSR count). The van der Waals surface area contributed by atoms with Crippen LogP contribution in [-0.4, -0.2) is 37.8 Å². The average molecular weight is 937 g/mol. The Bertz CT molecular complexity index is 3100. The number of anilines is 4. The highest BCUT2D eigenvalue weighted by atomic mass is 32.2. The molecule has 2 amide bonds. The molecule has 0 unspecified atom stereocenters. The van der Waals surface area contributed by atoms with Gasteiger partial charge in [-0.15, -0.1) is 0 Å². The van der Waals surface area contributed by atoms with Gasteiger partial charge in [-0.2, -0.15) is 16.8 Å².